The second kappa shape index (κ2) is 6.58. The number of hydrogen-bond donors (Lipinski definition) is 0. The summed E-state index contributed by atoms with van der Waals surface area (Å²) in [5, 5.41) is 1.84. The third kappa shape index (κ3) is 2.91. The molecule has 29 heavy (non-hydrogen) atoms. The topological polar surface area (TPSA) is 36.4 Å². The largest absolute Gasteiger partial charge is 0.345 e. The lowest BCUT2D eigenvalue weighted by Gasteiger charge is -2.57. The molecule has 0 atom stereocenters. The van der Waals surface area contributed by atoms with Crippen molar-refractivity contribution in [2.75, 3.05) is 31.1 Å². The van der Waals surface area contributed by atoms with Crippen LogP contribution in [0.25, 0.3) is 10.2 Å². The molecule has 4 bridgehead atoms. The van der Waals surface area contributed by atoms with E-state index in [1.54, 1.807) is 11.3 Å². The van der Waals surface area contributed by atoms with Crippen LogP contribution in [0.1, 0.15) is 44.1 Å². The zero-order valence-electron chi connectivity index (χ0n) is 17.0. The number of aromatic nitrogens is 1. The third-order valence-corrected chi connectivity index (χ3v) is 9.56. The van der Waals surface area contributed by atoms with E-state index in [4.69, 9.17) is 16.6 Å². The molecule has 1 aromatic heterocycles. The smallest absolute Gasteiger partial charge is 0.228 e. The zero-order valence-corrected chi connectivity index (χ0v) is 18.6. The molecule has 4 nitrogen and oxygen atoms in total. The lowest BCUT2D eigenvalue weighted by molar-refractivity contribution is -0.158. The number of carbonyl (C=O) groups excluding carboxylic acids is 1. The Morgan fingerprint density at radius 2 is 1.69 bits per heavy atom. The number of piperazine rings is 1. The summed E-state index contributed by atoms with van der Waals surface area (Å²) in [5.74, 6) is 2.95. The number of benzene rings is 1. The van der Waals surface area contributed by atoms with Crippen molar-refractivity contribution in [3.8, 4) is 0 Å². The first-order chi connectivity index (χ1) is 14.0. The monoisotopic (exact) mass is 429 g/mol. The van der Waals surface area contributed by atoms with E-state index in [0.29, 0.717) is 5.91 Å². The van der Waals surface area contributed by atoms with Crippen LogP contribution in [0.2, 0.25) is 5.02 Å². The standard InChI is InChI=1S/C23H28ClN3OS/c1-14-18(24)2-3-19-20(14)25-22(29-19)27-6-4-26(5-7-27)21(28)23-11-15-8-16(12-23)10-17(9-15)13-23/h2-3,15-17H,4-13H2,1H3. The number of amides is 1. The summed E-state index contributed by atoms with van der Waals surface area (Å²) in [6, 6.07) is 4.03. The van der Waals surface area contributed by atoms with Gasteiger partial charge in [0.25, 0.3) is 0 Å². The van der Waals surface area contributed by atoms with Crippen molar-refractivity contribution >= 4 is 44.2 Å². The first-order valence-electron chi connectivity index (χ1n) is 11.1. The number of thiazole rings is 1. The molecule has 5 aliphatic rings. The molecule has 2 heterocycles. The van der Waals surface area contributed by atoms with Crippen molar-refractivity contribution < 1.29 is 4.79 Å². The maximum absolute atomic E-state index is 13.6. The Kier molecular flexibility index (Phi) is 4.19. The molecule has 0 radical (unpaired) electrons. The van der Waals surface area contributed by atoms with E-state index >= 15 is 0 Å². The van der Waals surface area contributed by atoms with Gasteiger partial charge in [-0.3, -0.25) is 4.79 Å². The fraction of sp³-hybridized carbons (Fsp3) is 0.652. The summed E-state index contributed by atoms with van der Waals surface area (Å²) < 4.78 is 1.19. The minimum absolute atomic E-state index is 0.0133. The average Bonchev–Trinajstić information content (AvgIpc) is 3.14. The second-order valence-corrected chi connectivity index (χ2v) is 11.4. The minimum atomic E-state index is -0.0133. The highest BCUT2D eigenvalue weighted by atomic mass is 35.5. The molecule has 0 spiro atoms. The zero-order chi connectivity index (χ0) is 19.8. The van der Waals surface area contributed by atoms with Gasteiger partial charge >= 0.3 is 0 Å². The van der Waals surface area contributed by atoms with Crippen LogP contribution in [0, 0.1) is 30.1 Å². The Labute approximate surface area is 181 Å². The Morgan fingerprint density at radius 1 is 1.07 bits per heavy atom. The lowest BCUT2D eigenvalue weighted by Crippen LogP contribution is -2.58. The van der Waals surface area contributed by atoms with Gasteiger partial charge in [-0.25, -0.2) is 4.98 Å². The maximum atomic E-state index is 13.6. The minimum Gasteiger partial charge on any atom is -0.345 e. The predicted molar refractivity (Wildman–Crippen MR) is 119 cm³/mol. The van der Waals surface area contributed by atoms with Gasteiger partial charge in [0.15, 0.2) is 5.13 Å². The van der Waals surface area contributed by atoms with Gasteiger partial charge in [-0.05, 0) is 80.9 Å². The molecule has 7 rings (SSSR count). The molecule has 1 aromatic carbocycles. The number of anilines is 1. The number of halogens is 1. The molecule has 1 amide bonds. The summed E-state index contributed by atoms with van der Waals surface area (Å²) in [5.41, 5.74) is 2.06. The number of rotatable bonds is 2. The van der Waals surface area contributed by atoms with Crippen LogP contribution in [0.15, 0.2) is 12.1 Å². The van der Waals surface area contributed by atoms with Gasteiger partial charge in [0, 0.05) is 31.2 Å². The highest BCUT2D eigenvalue weighted by molar-refractivity contribution is 7.22. The first kappa shape index (κ1) is 18.4. The van der Waals surface area contributed by atoms with Crippen LogP contribution in [-0.4, -0.2) is 42.0 Å². The van der Waals surface area contributed by atoms with E-state index in [-0.39, 0.29) is 5.41 Å². The number of fused-ring (bicyclic) bond motifs is 1. The predicted octanol–water partition coefficient (Wildman–Crippen LogP) is 5.12. The fourth-order valence-corrected chi connectivity index (χ4v) is 8.26. The molecule has 4 aliphatic carbocycles. The van der Waals surface area contributed by atoms with Crippen LogP contribution in [0.5, 0.6) is 0 Å². The Morgan fingerprint density at radius 3 is 2.31 bits per heavy atom. The fourth-order valence-electron chi connectivity index (χ4n) is 7.03. The number of aryl methyl sites for hydroxylation is 1. The Hall–Kier alpha value is -1.33. The van der Waals surface area contributed by atoms with Gasteiger partial charge in [0.2, 0.25) is 5.91 Å². The molecule has 1 saturated heterocycles. The molecule has 6 heteroatoms. The number of hydrogen-bond acceptors (Lipinski definition) is 4. The van der Waals surface area contributed by atoms with Crippen molar-refractivity contribution in [1.29, 1.82) is 0 Å². The van der Waals surface area contributed by atoms with Crippen LogP contribution in [-0.2, 0) is 4.79 Å². The molecule has 0 unspecified atom stereocenters. The van der Waals surface area contributed by atoms with Crippen molar-refractivity contribution in [1.82, 2.24) is 9.88 Å². The van der Waals surface area contributed by atoms with Crippen LogP contribution in [0.4, 0.5) is 5.13 Å². The van der Waals surface area contributed by atoms with Gasteiger partial charge in [0.05, 0.1) is 15.6 Å². The van der Waals surface area contributed by atoms with Gasteiger partial charge < -0.3 is 9.80 Å². The van der Waals surface area contributed by atoms with Crippen molar-refractivity contribution in [2.45, 2.75) is 45.4 Å². The van der Waals surface area contributed by atoms with Crippen LogP contribution in [0.3, 0.4) is 0 Å². The van der Waals surface area contributed by atoms with E-state index in [9.17, 15) is 4.79 Å². The summed E-state index contributed by atoms with van der Waals surface area (Å²) in [7, 11) is 0. The summed E-state index contributed by atoms with van der Waals surface area (Å²) >= 11 is 8.01. The van der Waals surface area contributed by atoms with Crippen LogP contribution < -0.4 is 4.90 Å². The lowest BCUT2D eigenvalue weighted by atomic mass is 9.49. The normalized spacial score (nSPS) is 33.7. The quantitative estimate of drug-likeness (QED) is 0.664. The van der Waals surface area contributed by atoms with Gasteiger partial charge in [-0.2, -0.15) is 0 Å². The second-order valence-electron chi connectivity index (χ2n) is 9.99. The molecule has 1 aliphatic heterocycles. The van der Waals surface area contributed by atoms with E-state index in [0.717, 1.165) is 84.4 Å². The van der Waals surface area contributed by atoms with E-state index in [1.165, 1.54) is 24.0 Å². The molecular formula is C23H28ClN3OS. The van der Waals surface area contributed by atoms with Crippen LogP contribution >= 0.6 is 22.9 Å². The maximum Gasteiger partial charge on any atom is 0.228 e. The highest BCUT2D eigenvalue weighted by Gasteiger charge is 2.55. The molecule has 5 fully saturated rings. The summed E-state index contributed by atoms with van der Waals surface area (Å²) in [6.45, 7) is 5.46. The first-order valence-corrected chi connectivity index (χ1v) is 12.3. The van der Waals surface area contributed by atoms with Gasteiger partial charge in [0.1, 0.15) is 0 Å². The van der Waals surface area contributed by atoms with E-state index < -0.39 is 0 Å². The van der Waals surface area contributed by atoms with Crippen molar-refractivity contribution in [2.24, 2.45) is 23.2 Å². The average molecular weight is 430 g/mol. The molecular weight excluding hydrogens is 402 g/mol. The van der Waals surface area contributed by atoms with E-state index in [1.807, 2.05) is 13.0 Å². The van der Waals surface area contributed by atoms with E-state index in [2.05, 4.69) is 15.9 Å². The number of carbonyl (C=O) groups is 1. The van der Waals surface area contributed by atoms with Crippen molar-refractivity contribution in [3.05, 3.63) is 22.7 Å². The third-order valence-electron chi connectivity index (χ3n) is 8.07. The molecule has 154 valence electrons. The molecule has 4 saturated carbocycles. The summed E-state index contributed by atoms with van der Waals surface area (Å²) in [6.07, 6.45) is 7.66. The molecule has 0 N–H and O–H groups in total. The summed E-state index contributed by atoms with van der Waals surface area (Å²) in [4.78, 5) is 23.0. The Bertz CT molecular complexity index is 943. The van der Waals surface area contributed by atoms with Gasteiger partial charge in [-0.15, -0.1) is 0 Å². The van der Waals surface area contributed by atoms with Gasteiger partial charge in [-0.1, -0.05) is 22.9 Å². The SMILES string of the molecule is Cc1c(Cl)ccc2sc(N3CCN(C(=O)C45CC6CC(CC(C6)C4)C5)CC3)nc12. The molecule has 2 aromatic rings. The number of nitrogens with zero attached hydrogens (tertiary/aromatic N) is 3. The van der Waals surface area contributed by atoms with Crippen molar-refractivity contribution in [3.63, 3.8) is 0 Å². The highest BCUT2D eigenvalue weighted by Crippen LogP contribution is 2.60. The Balaban J connectivity index is 1.17.